The topological polar surface area (TPSA) is 343 Å². The first-order chi connectivity index (χ1) is 36.0. The van der Waals surface area contributed by atoms with E-state index in [0.717, 1.165) is 44.9 Å². The fraction of sp³-hybridized carbons (Fsp3) is 0.945. The Kier molecular flexibility index (Phi) is 17.0. The third-order valence-electron chi connectivity index (χ3n) is 21.5. The van der Waals surface area contributed by atoms with Gasteiger partial charge in [0.15, 0.2) is 18.9 Å². The van der Waals surface area contributed by atoms with Crippen molar-refractivity contribution in [2.75, 3.05) is 26.9 Å². The molecule has 22 nitrogen and oxygen atoms in total. The zero-order valence-electron chi connectivity index (χ0n) is 46.1. The first-order valence-electron chi connectivity index (χ1n) is 28.1. The Hall–Kier alpha value is -1.59. The van der Waals surface area contributed by atoms with Crippen LogP contribution < -0.4 is 0 Å². The molecule has 0 spiro atoms. The summed E-state index contributed by atoms with van der Waals surface area (Å²) in [6, 6.07) is 0. The molecule has 4 aliphatic heterocycles. The van der Waals surface area contributed by atoms with Crippen molar-refractivity contribution in [3.8, 4) is 0 Å². The number of esters is 1. The third-order valence-corrected chi connectivity index (χ3v) is 21.5. The summed E-state index contributed by atoms with van der Waals surface area (Å²) in [5.41, 5.74) is -0.868. The molecule has 5 aliphatic carbocycles. The molecule has 442 valence electrons. The van der Waals surface area contributed by atoms with Crippen LogP contribution in [-0.2, 0) is 47.4 Å². The Morgan fingerprint density at radius 1 is 0.584 bits per heavy atom. The predicted octanol–water partition coefficient (Wildman–Crippen LogP) is -0.354. The van der Waals surface area contributed by atoms with Crippen molar-refractivity contribution in [1.82, 2.24) is 0 Å². The monoisotopic (exact) mass is 1100 g/mol. The van der Waals surface area contributed by atoms with Gasteiger partial charge in [0.2, 0.25) is 6.29 Å². The number of hydrogen-bond donors (Lipinski definition) is 12. The molecule has 0 radical (unpaired) electrons. The summed E-state index contributed by atoms with van der Waals surface area (Å²) >= 11 is 0. The van der Waals surface area contributed by atoms with Crippen LogP contribution in [0.2, 0.25) is 0 Å². The SMILES string of the molecule is COC[C@H]1O[C@@H](O[C@H]2CC[C@]3(C)[C@H]4CC=C5[C@@H]6CC(C)(C)CC[C@]6(C(=O)O[C@@H]6O[C@H](CO)[C@@H](O)[C@H](O)[C@H]6O)CC[C@@]5(C)[C@]4(C)CC[C@H]3C2(C)C)[C@H](O)[C@@H](O[C@@H]2O[C@H](CO)[C@@H](O)[C@H](O)[C@H]2O[C@@H]2O[C@@H](C)[C@H](O)[C@@H](O)[C@H]2O)[C@@H]1O. The molecule has 9 aliphatic rings. The molecule has 0 aromatic heterocycles. The minimum atomic E-state index is -1.84. The number of ether oxygens (including phenoxy) is 9. The Morgan fingerprint density at radius 2 is 1.17 bits per heavy atom. The Bertz CT molecular complexity index is 2110. The van der Waals surface area contributed by atoms with Crippen LogP contribution in [0.25, 0.3) is 0 Å². The molecule has 9 rings (SSSR count). The quantitative estimate of drug-likeness (QED) is 0.0675. The zero-order valence-corrected chi connectivity index (χ0v) is 46.1. The van der Waals surface area contributed by atoms with E-state index in [1.807, 2.05) is 0 Å². The first kappa shape index (κ1) is 60.0. The predicted molar refractivity (Wildman–Crippen MR) is 266 cm³/mol. The van der Waals surface area contributed by atoms with Crippen molar-refractivity contribution >= 4 is 5.97 Å². The lowest BCUT2D eigenvalue weighted by Gasteiger charge is -2.71. The molecule has 0 bridgehead atoms. The fourth-order valence-corrected chi connectivity index (χ4v) is 16.6. The van der Waals surface area contributed by atoms with Crippen LogP contribution in [0.3, 0.4) is 0 Å². The standard InChI is InChI=1S/C55H90O22/c1-24-33(58)37(62)40(65)45(70-24)76-44-39(64)35(60)28(22-57)72-48(44)75-43-36(61)29(23-69-9)73-47(42(43)67)74-32-13-14-52(6)30(51(32,4)5)12-15-54(8)31(52)11-10-25-26-20-50(2,3)16-18-55(26,19-17-53(25,54)7)49(68)77-46-41(66)38(63)34(59)27(21-56)71-46/h10,24,26-48,56-67H,11-23H2,1-9H3/t24-,26-,27+,28+,29+,30-,31+,32-,33-,34+,35+,36+,37+,38-,39-,40+,41+,42+,43-,44+,45-,46-,47-,48-,52-,53+,54+,55-/m0/s1. The van der Waals surface area contributed by atoms with Crippen LogP contribution in [0.15, 0.2) is 11.6 Å². The van der Waals surface area contributed by atoms with Crippen molar-refractivity contribution in [2.45, 2.75) is 249 Å². The van der Waals surface area contributed by atoms with Gasteiger partial charge in [-0.1, -0.05) is 60.1 Å². The molecule has 22 heteroatoms. The highest BCUT2D eigenvalue weighted by molar-refractivity contribution is 5.79. The van der Waals surface area contributed by atoms with E-state index in [2.05, 4.69) is 54.5 Å². The summed E-state index contributed by atoms with van der Waals surface area (Å²) < 4.78 is 54.1. The van der Waals surface area contributed by atoms with E-state index in [9.17, 15) is 66.1 Å². The number of hydrogen-bond acceptors (Lipinski definition) is 22. The number of allylic oxidation sites excluding steroid dienone is 2. The van der Waals surface area contributed by atoms with Gasteiger partial charge in [0.25, 0.3) is 0 Å². The molecule has 8 fully saturated rings. The van der Waals surface area contributed by atoms with E-state index in [1.54, 1.807) is 0 Å². The number of fused-ring (bicyclic) bond motifs is 7. The lowest BCUT2D eigenvalue weighted by atomic mass is 9.33. The van der Waals surface area contributed by atoms with Gasteiger partial charge < -0.3 is 104 Å². The Labute approximate surface area is 450 Å². The molecule has 4 saturated heterocycles. The third kappa shape index (κ3) is 9.91. The Morgan fingerprint density at radius 3 is 1.83 bits per heavy atom. The average Bonchev–Trinajstić information content (AvgIpc) is 3.53. The van der Waals surface area contributed by atoms with Gasteiger partial charge in [-0.25, -0.2) is 0 Å². The van der Waals surface area contributed by atoms with Crippen LogP contribution in [0.4, 0.5) is 0 Å². The van der Waals surface area contributed by atoms with Crippen molar-refractivity contribution in [3.63, 3.8) is 0 Å². The summed E-state index contributed by atoms with van der Waals surface area (Å²) in [6.07, 6.45) is -21.9. The number of rotatable bonds is 12. The lowest BCUT2D eigenvalue weighted by Crippen LogP contribution is -2.67. The highest BCUT2D eigenvalue weighted by Crippen LogP contribution is 2.76. The Balaban J connectivity index is 0.941. The van der Waals surface area contributed by atoms with Crippen LogP contribution >= 0.6 is 0 Å². The largest absolute Gasteiger partial charge is 0.432 e. The molecule has 4 saturated carbocycles. The molecule has 0 aromatic rings. The minimum Gasteiger partial charge on any atom is -0.432 e. The van der Waals surface area contributed by atoms with E-state index >= 15 is 0 Å². The second kappa shape index (κ2) is 21.9. The number of aliphatic hydroxyl groups is 12. The molecule has 0 aromatic carbocycles. The van der Waals surface area contributed by atoms with Crippen molar-refractivity contribution in [2.24, 2.45) is 50.2 Å². The van der Waals surface area contributed by atoms with Gasteiger partial charge >= 0.3 is 5.97 Å². The maximum Gasteiger partial charge on any atom is 0.315 e. The highest BCUT2D eigenvalue weighted by Gasteiger charge is 2.70. The molecule has 77 heavy (non-hydrogen) atoms. The molecule has 4 heterocycles. The smallest absolute Gasteiger partial charge is 0.315 e. The van der Waals surface area contributed by atoms with Crippen LogP contribution in [0.5, 0.6) is 0 Å². The normalized spacial score (nSPS) is 53.4. The van der Waals surface area contributed by atoms with Crippen LogP contribution in [-0.4, -0.2) is 223 Å². The number of carbonyl (C=O) groups excluding carboxylic acids is 1. The first-order valence-corrected chi connectivity index (χ1v) is 28.1. The molecule has 12 N–H and O–H groups in total. The maximum absolute atomic E-state index is 14.8. The van der Waals surface area contributed by atoms with E-state index in [0.29, 0.717) is 19.3 Å². The molecular weight excluding hydrogens is 1010 g/mol. The summed E-state index contributed by atoms with van der Waals surface area (Å²) in [5.74, 6) is -0.286. The van der Waals surface area contributed by atoms with Crippen LogP contribution in [0, 0.1) is 50.2 Å². The molecule has 28 atom stereocenters. The second-order valence-electron chi connectivity index (χ2n) is 26.5. The van der Waals surface area contributed by atoms with Crippen molar-refractivity contribution in [1.29, 1.82) is 0 Å². The lowest BCUT2D eigenvalue weighted by molar-refractivity contribution is -0.391. The van der Waals surface area contributed by atoms with Gasteiger partial charge in [0, 0.05) is 7.11 Å². The van der Waals surface area contributed by atoms with E-state index in [-0.39, 0.29) is 46.0 Å². The zero-order chi connectivity index (χ0) is 56.3. The molecule has 0 amide bonds. The van der Waals surface area contributed by atoms with Gasteiger partial charge in [0.1, 0.15) is 91.6 Å². The highest BCUT2D eigenvalue weighted by atomic mass is 16.8. The van der Waals surface area contributed by atoms with Crippen molar-refractivity contribution in [3.05, 3.63) is 11.6 Å². The van der Waals surface area contributed by atoms with Gasteiger partial charge in [0.05, 0.1) is 37.4 Å². The summed E-state index contributed by atoms with van der Waals surface area (Å²) in [5, 5.41) is 130. The number of carbonyl (C=O) groups is 1. The maximum atomic E-state index is 14.8. The summed E-state index contributed by atoms with van der Waals surface area (Å²) in [4.78, 5) is 14.8. The minimum absolute atomic E-state index is 0.0793. The van der Waals surface area contributed by atoms with Gasteiger partial charge in [-0.05, 0) is 116 Å². The molecule has 0 unspecified atom stereocenters. The van der Waals surface area contributed by atoms with Gasteiger partial charge in [-0.2, -0.15) is 0 Å². The summed E-state index contributed by atoms with van der Waals surface area (Å²) in [7, 11) is 1.42. The van der Waals surface area contributed by atoms with E-state index in [4.69, 9.17) is 42.6 Å². The average molecular weight is 1100 g/mol. The van der Waals surface area contributed by atoms with E-state index < -0.39 is 159 Å². The van der Waals surface area contributed by atoms with E-state index in [1.165, 1.54) is 19.6 Å². The van der Waals surface area contributed by atoms with Crippen molar-refractivity contribution < 1.29 is 109 Å². The van der Waals surface area contributed by atoms with Gasteiger partial charge in [-0.3, -0.25) is 4.79 Å². The van der Waals surface area contributed by atoms with Gasteiger partial charge in [-0.15, -0.1) is 0 Å². The second-order valence-corrected chi connectivity index (χ2v) is 26.5. The molecular formula is C55H90O22. The number of aliphatic hydroxyl groups excluding tert-OH is 12. The number of methoxy groups -OCH3 is 1. The van der Waals surface area contributed by atoms with Crippen LogP contribution in [0.1, 0.15) is 120 Å². The summed E-state index contributed by atoms with van der Waals surface area (Å²) in [6.45, 7) is 16.0. The fourth-order valence-electron chi connectivity index (χ4n) is 16.6.